The number of para-hydroxylation sites is 2. The van der Waals surface area contributed by atoms with Crippen molar-refractivity contribution in [3.63, 3.8) is 0 Å². The van der Waals surface area contributed by atoms with E-state index in [0.29, 0.717) is 18.7 Å². The number of piperidine rings is 1. The second-order valence-electron chi connectivity index (χ2n) is 6.78. The molecular formula is C21H20N2O3. The van der Waals surface area contributed by atoms with E-state index in [9.17, 15) is 9.59 Å². The Kier molecular flexibility index (Phi) is 4.29. The molecule has 132 valence electrons. The summed E-state index contributed by atoms with van der Waals surface area (Å²) >= 11 is 0. The third-order valence-corrected chi connectivity index (χ3v) is 4.95. The lowest BCUT2D eigenvalue weighted by Crippen LogP contribution is -2.41. The van der Waals surface area contributed by atoms with Crippen molar-refractivity contribution in [1.29, 1.82) is 0 Å². The number of nitrogens with zero attached hydrogens (tertiary/aromatic N) is 2. The van der Waals surface area contributed by atoms with Gasteiger partial charge >= 0.3 is 0 Å². The number of carbonyl (C=O) groups is 2. The van der Waals surface area contributed by atoms with E-state index in [2.05, 4.69) is 4.98 Å². The lowest BCUT2D eigenvalue weighted by atomic mass is 9.96. The van der Waals surface area contributed by atoms with Gasteiger partial charge in [0.1, 0.15) is 5.52 Å². The molecule has 1 aliphatic rings. The van der Waals surface area contributed by atoms with Crippen LogP contribution in [0, 0.1) is 6.92 Å². The van der Waals surface area contributed by atoms with E-state index in [0.717, 1.165) is 35.4 Å². The Labute approximate surface area is 151 Å². The highest BCUT2D eigenvalue weighted by Gasteiger charge is 2.30. The molecule has 1 saturated heterocycles. The Bertz CT molecular complexity index is 918. The molecule has 0 aliphatic carbocycles. The number of rotatable bonds is 3. The summed E-state index contributed by atoms with van der Waals surface area (Å²) in [5, 5.41) is 0. The minimum absolute atomic E-state index is 0.181. The SMILES string of the molecule is Cc1ccc(C(=O)C(=O)N2CCC(c3nc4ccccc4o3)CC2)cc1. The average molecular weight is 348 g/mol. The minimum atomic E-state index is -0.440. The van der Waals surface area contributed by atoms with Crippen molar-refractivity contribution in [2.24, 2.45) is 0 Å². The van der Waals surface area contributed by atoms with Gasteiger partial charge < -0.3 is 9.32 Å². The van der Waals surface area contributed by atoms with Crippen LogP contribution in [0.4, 0.5) is 0 Å². The Balaban J connectivity index is 1.42. The van der Waals surface area contributed by atoms with E-state index < -0.39 is 11.7 Å². The number of benzene rings is 2. The third kappa shape index (κ3) is 3.12. The summed E-state index contributed by atoms with van der Waals surface area (Å²) in [5.41, 5.74) is 3.15. The molecule has 3 aromatic rings. The maximum absolute atomic E-state index is 12.5. The van der Waals surface area contributed by atoms with Crippen LogP contribution in [-0.2, 0) is 4.79 Å². The van der Waals surface area contributed by atoms with Crippen molar-refractivity contribution in [3.05, 3.63) is 65.5 Å². The predicted octanol–water partition coefficient (Wildman–Crippen LogP) is 3.73. The molecule has 1 aliphatic heterocycles. The molecule has 5 nitrogen and oxygen atoms in total. The number of aromatic nitrogens is 1. The van der Waals surface area contributed by atoms with Crippen molar-refractivity contribution in [3.8, 4) is 0 Å². The third-order valence-electron chi connectivity index (χ3n) is 4.95. The fourth-order valence-electron chi connectivity index (χ4n) is 3.37. The molecule has 1 fully saturated rings. The normalized spacial score (nSPS) is 15.3. The summed E-state index contributed by atoms with van der Waals surface area (Å²) in [6.45, 7) is 3.03. The molecule has 0 saturated carbocycles. The summed E-state index contributed by atoms with van der Waals surface area (Å²) in [6.07, 6.45) is 1.50. The first-order chi connectivity index (χ1) is 12.6. The smallest absolute Gasteiger partial charge is 0.294 e. The first-order valence-electron chi connectivity index (χ1n) is 8.87. The van der Waals surface area contributed by atoms with Crippen molar-refractivity contribution in [2.75, 3.05) is 13.1 Å². The highest BCUT2D eigenvalue weighted by molar-refractivity contribution is 6.42. The van der Waals surface area contributed by atoms with E-state index in [4.69, 9.17) is 4.42 Å². The molecule has 0 atom stereocenters. The van der Waals surface area contributed by atoms with Gasteiger partial charge in [-0.15, -0.1) is 0 Å². The van der Waals surface area contributed by atoms with Gasteiger partial charge in [0.05, 0.1) is 0 Å². The van der Waals surface area contributed by atoms with Gasteiger partial charge in [0.2, 0.25) is 5.78 Å². The summed E-state index contributed by atoms with van der Waals surface area (Å²) in [5.74, 6) is 0.0410. The summed E-state index contributed by atoms with van der Waals surface area (Å²) in [7, 11) is 0. The first kappa shape index (κ1) is 16.5. The fraction of sp³-hybridized carbons (Fsp3) is 0.286. The zero-order valence-corrected chi connectivity index (χ0v) is 14.6. The molecule has 1 amide bonds. The molecule has 1 aromatic heterocycles. The molecule has 5 heteroatoms. The number of fused-ring (bicyclic) bond motifs is 1. The number of ketones is 1. The van der Waals surface area contributed by atoms with Crippen LogP contribution in [0.25, 0.3) is 11.1 Å². The quantitative estimate of drug-likeness (QED) is 0.534. The molecule has 4 rings (SSSR count). The average Bonchev–Trinajstić information content (AvgIpc) is 3.12. The molecular weight excluding hydrogens is 328 g/mol. The van der Waals surface area contributed by atoms with Crippen molar-refractivity contribution >= 4 is 22.8 Å². The molecule has 0 N–H and O–H groups in total. The number of Topliss-reactive ketones (excluding diaryl/α,β-unsaturated/α-hetero) is 1. The topological polar surface area (TPSA) is 63.4 Å². The lowest BCUT2D eigenvalue weighted by Gasteiger charge is -2.30. The summed E-state index contributed by atoms with van der Waals surface area (Å²) in [6, 6.07) is 14.8. The number of carbonyl (C=O) groups excluding carboxylic acids is 2. The lowest BCUT2D eigenvalue weighted by molar-refractivity contribution is -0.127. The van der Waals surface area contributed by atoms with E-state index >= 15 is 0 Å². The zero-order chi connectivity index (χ0) is 18.1. The van der Waals surface area contributed by atoms with Crippen LogP contribution in [0.15, 0.2) is 52.9 Å². The van der Waals surface area contributed by atoms with Crippen molar-refractivity contribution in [1.82, 2.24) is 9.88 Å². The van der Waals surface area contributed by atoms with Gasteiger partial charge in [-0.05, 0) is 31.9 Å². The summed E-state index contributed by atoms with van der Waals surface area (Å²) < 4.78 is 5.85. The second kappa shape index (κ2) is 6.75. The number of aryl methyl sites for hydroxylation is 1. The zero-order valence-electron chi connectivity index (χ0n) is 14.6. The van der Waals surface area contributed by atoms with E-state index in [-0.39, 0.29) is 5.92 Å². The van der Waals surface area contributed by atoms with Crippen LogP contribution in [0.3, 0.4) is 0 Å². The van der Waals surface area contributed by atoms with Crippen molar-refractivity contribution in [2.45, 2.75) is 25.7 Å². The van der Waals surface area contributed by atoms with E-state index in [1.807, 2.05) is 43.3 Å². The molecule has 2 heterocycles. The van der Waals surface area contributed by atoms with Gasteiger partial charge in [-0.2, -0.15) is 0 Å². The molecule has 0 radical (unpaired) electrons. The predicted molar refractivity (Wildman–Crippen MR) is 98.1 cm³/mol. The Morgan fingerprint density at radius 2 is 1.73 bits per heavy atom. The second-order valence-corrected chi connectivity index (χ2v) is 6.78. The van der Waals surface area contributed by atoms with Crippen LogP contribution < -0.4 is 0 Å². The Morgan fingerprint density at radius 3 is 2.42 bits per heavy atom. The van der Waals surface area contributed by atoms with Gasteiger partial charge in [0.15, 0.2) is 11.5 Å². The number of likely N-dealkylation sites (tertiary alicyclic amines) is 1. The highest BCUT2D eigenvalue weighted by Crippen LogP contribution is 2.30. The van der Waals surface area contributed by atoms with E-state index in [1.165, 1.54) is 0 Å². The standard InChI is InChI=1S/C21H20N2O3/c1-14-6-8-15(9-7-14)19(24)21(25)23-12-10-16(11-13-23)20-22-17-4-2-3-5-18(17)26-20/h2-9,16H,10-13H2,1H3. The van der Waals surface area contributed by atoms with E-state index in [1.54, 1.807) is 17.0 Å². The molecule has 26 heavy (non-hydrogen) atoms. The van der Waals surface area contributed by atoms with Crippen molar-refractivity contribution < 1.29 is 14.0 Å². The van der Waals surface area contributed by atoms with Crippen LogP contribution in [-0.4, -0.2) is 34.7 Å². The van der Waals surface area contributed by atoms with Crippen LogP contribution in [0.1, 0.15) is 40.6 Å². The Morgan fingerprint density at radius 1 is 1.04 bits per heavy atom. The fourth-order valence-corrected chi connectivity index (χ4v) is 3.37. The number of hydrogen-bond acceptors (Lipinski definition) is 4. The maximum atomic E-state index is 12.5. The monoisotopic (exact) mass is 348 g/mol. The van der Waals surface area contributed by atoms with Crippen LogP contribution in [0.2, 0.25) is 0 Å². The molecule has 0 bridgehead atoms. The Hall–Kier alpha value is -2.95. The minimum Gasteiger partial charge on any atom is -0.440 e. The van der Waals surface area contributed by atoms with Gasteiger partial charge in [0, 0.05) is 24.6 Å². The highest BCUT2D eigenvalue weighted by atomic mass is 16.3. The number of oxazole rings is 1. The molecule has 0 unspecified atom stereocenters. The molecule has 2 aromatic carbocycles. The van der Waals surface area contributed by atoms with Gasteiger partial charge in [-0.25, -0.2) is 4.98 Å². The maximum Gasteiger partial charge on any atom is 0.294 e. The van der Waals surface area contributed by atoms with Gasteiger partial charge in [0.25, 0.3) is 5.91 Å². The van der Waals surface area contributed by atoms with Gasteiger partial charge in [-0.1, -0.05) is 42.0 Å². The molecule has 0 spiro atoms. The number of amides is 1. The number of hydrogen-bond donors (Lipinski definition) is 0. The first-order valence-corrected chi connectivity index (χ1v) is 8.87. The van der Waals surface area contributed by atoms with Crippen LogP contribution >= 0.6 is 0 Å². The van der Waals surface area contributed by atoms with Gasteiger partial charge in [-0.3, -0.25) is 9.59 Å². The summed E-state index contributed by atoms with van der Waals surface area (Å²) in [4.78, 5) is 31.1. The largest absolute Gasteiger partial charge is 0.440 e. The van der Waals surface area contributed by atoms with Crippen LogP contribution in [0.5, 0.6) is 0 Å².